The van der Waals surface area contributed by atoms with E-state index >= 15 is 0 Å². The molecule has 0 aliphatic carbocycles. The van der Waals surface area contributed by atoms with Gasteiger partial charge >= 0.3 is 0 Å². The molecule has 5 heteroatoms. The van der Waals surface area contributed by atoms with Crippen molar-refractivity contribution in [2.45, 2.75) is 12.5 Å². The molecule has 11 heavy (non-hydrogen) atoms. The maximum atomic E-state index is 8.52. The third kappa shape index (κ3) is 3.01. The number of piperazine rings is 1. The standard InChI is InChI=1S/C6H9I2N3/c7-10-3-4-11(8)6(5-10)1-2-9/h6H,1,3-5H2/t6-/m0/s1. The highest BCUT2D eigenvalue weighted by Gasteiger charge is 2.23. The van der Waals surface area contributed by atoms with Gasteiger partial charge in [0.2, 0.25) is 0 Å². The monoisotopic (exact) mass is 377 g/mol. The fourth-order valence-corrected chi connectivity index (χ4v) is 2.32. The van der Waals surface area contributed by atoms with Gasteiger partial charge in [-0.05, 0) is 0 Å². The van der Waals surface area contributed by atoms with Crippen molar-refractivity contribution in [2.24, 2.45) is 0 Å². The van der Waals surface area contributed by atoms with Gasteiger partial charge in [-0.25, -0.2) is 6.23 Å². The van der Waals surface area contributed by atoms with E-state index in [1.54, 1.807) is 0 Å². The molecule has 1 aliphatic heterocycles. The molecular formula is C6H9I2N3. The number of nitriles is 1. The van der Waals surface area contributed by atoms with E-state index in [9.17, 15) is 0 Å². The van der Waals surface area contributed by atoms with Gasteiger partial charge in [-0.1, -0.05) is 0 Å². The Morgan fingerprint density at radius 2 is 2.18 bits per heavy atom. The van der Waals surface area contributed by atoms with Gasteiger partial charge in [0.05, 0.1) is 12.5 Å². The molecule has 0 bridgehead atoms. The summed E-state index contributed by atoms with van der Waals surface area (Å²) < 4.78 is 4.48. The van der Waals surface area contributed by atoms with E-state index in [-0.39, 0.29) is 0 Å². The number of hydrogen-bond acceptors (Lipinski definition) is 3. The highest BCUT2D eigenvalue weighted by molar-refractivity contribution is 14.1. The Labute approximate surface area is 94.7 Å². The molecule has 0 unspecified atom stereocenters. The first kappa shape index (κ1) is 9.95. The molecule has 0 aromatic rings. The van der Waals surface area contributed by atoms with Crippen LogP contribution < -0.4 is 0 Å². The Bertz CT molecular complexity index is 168. The van der Waals surface area contributed by atoms with Crippen LogP contribution in [0.3, 0.4) is 0 Å². The van der Waals surface area contributed by atoms with Gasteiger partial charge < -0.3 is 0 Å². The number of rotatable bonds is 1. The van der Waals surface area contributed by atoms with Gasteiger partial charge in [0, 0.05) is 71.4 Å². The highest BCUT2D eigenvalue weighted by atomic mass is 127. The number of halogens is 2. The molecule has 1 rings (SSSR count). The van der Waals surface area contributed by atoms with Crippen molar-refractivity contribution in [3.05, 3.63) is 0 Å². The second-order valence-electron chi connectivity index (χ2n) is 2.51. The predicted molar refractivity (Wildman–Crippen MR) is 60.3 cm³/mol. The summed E-state index contributed by atoms with van der Waals surface area (Å²) in [6.45, 7) is 3.18. The minimum atomic E-state index is 0.422. The lowest BCUT2D eigenvalue weighted by Crippen LogP contribution is -2.44. The van der Waals surface area contributed by atoms with Crippen molar-refractivity contribution in [2.75, 3.05) is 19.6 Å². The molecular weight excluding hydrogens is 368 g/mol. The zero-order chi connectivity index (χ0) is 8.27. The van der Waals surface area contributed by atoms with Crippen LogP contribution in [0.1, 0.15) is 6.42 Å². The van der Waals surface area contributed by atoms with Crippen LogP contribution in [0.25, 0.3) is 0 Å². The van der Waals surface area contributed by atoms with E-state index in [1.807, 2.05) is 0 Å². The Morgan fingerprint density at radius 1 is 1.45 bits per heavy atom. The van der Waals surface area contributed by atoms with Gasteiger partial charge in [-0.2, -0.15) is 5.26 Å². The summed E-state index contributed by atoms with van der Waals surface area (Å²) in [5.74, 6) is 0. The van der Waals surface area contributed by atoms with Crippen LogP contribution in [0.2, 0.25) is 0 Å². The summed E-state index contributed by atoms with van der Waals surface area (Å²) in [5.41, 5.74) is 0. The third-order valence-corrected chi connectivity index (χ3v) is 3.83. The zero-order valence-electron chi connectivity index (χ0n) is 6.00. The lowest BCUT2D eigenvalue weighted by atomic mass is 10.2. The van der Waals surface area contributed by atoms with Crippen LogP contribution in [0.15, 0.2) is 0 Å². The molecule has 0 aromatic heterocycles. The van der Waals surface area contributed by atoms with Crippen molar-refractivity contribution in [3.63, 3.8) is 0 Å². The molecule has 0 amide bonds. The van der Waals surface area contributed by atoms with Gasteiger partial charge in [-0.15, -0.1) is 0 Å². The molecule has 1 fully saturated rings. The average molecular weight is 377 g/mol. The van der Waals surface area contributed by atoms with E-state index in [0.29, 0.717) is 12.5 Å². The largest absolute Gasteiger partial charge is 0.245 e. The Kier molecular flexibility index (Phi) is 4.33. The number of nitrogens with zero attached hydrogens (tertiary/aromatic N) is 3. The van der Waals surface area contributed by atoms with Crippen LogP contribution >= 0.6 is 45.7 Å². The number of hydrogen-bond donors (Lipinski definition) is 0. The summed E-state index contributed by atoms with van der Waals surface area (Å²) in [7, 11) is 0. The van der Waals surface area contributed by atoms with Crippen molar-refractivity contribution >= 4 is 45.7 Å². The lowest BCUT2D eigenvalue weighted by Gasteiger charge is -2.33. The first-order valence-electron chi connectivity index (χ1n) is 3.44. The van der Waals surface area contributed by atoms with E-state index in [1.165, 1.54) is 0 Å². The fraction of sp³-hybridized carbons (Fsp3) is 0.833. The van der Waals surface area contributed by atoms with Crippen molar-refractivity contribution < 1.29 is 0 Å². The molecule has 1 heterocycles. The van der Waals surface area contributed by atoms with Crippen LogP contribution in [-0.4, -0.2) is 31.9 Å². The molecule has 0 saturated carbocycles. The van der Waals surface area contributed by atoms with Crippen LogP contribution in [-0.2, 0) is 0 Å². The molecule has 62 valence electrons. The predicted octanol–water partition coefficient (Wildman–Crippen LogP) is 1.59. The Balaban J connectivity index is 2.42. The second-order valence-corrected chi connectivity index (χ2v) is 5.11. The highest BCUT2D eigenvalue weighted by Crippen LogP contribution is 2.18. The maximum Gasteiger partial charge on any atom is 0.0639 e. The van der Waals surface area contributed by atoms with Crippen LogP contribution in [0.4, 0.5) is 0 Å². The smallest absolute Gasteiger partial charge is 0.0639 e. The summed E-state index contributed by atoms with van der Waals surface area (Å²) in [4.78, 5) is 0. The van der Waals surface area contributed by atoms with Crippen molar-refractivity contribution in [1.29, 1.82) is 5.26 Å². The first-order chi connectivity index (χ1) is 5.24. The molecule has 1 atom stereocenters. The van der Waals surface area contributed by atoms with Gasteiger partial charge in [0.1, 0.15) is 0 Å². The van der Waals surface area contributed by atoms with E-state index in [0.717, 1.165) is 19.6 Å². The van der Waals surface area contributed by atoms with Crippen LogP contribution in [0.5, 0.6) is 0 Å². The van der Waals surface area contributed by atoms with E-state index in [2.05, 4.69) is 58.0 Å². The molecule has 1 aliphatic rings. The molecule has 0 N–H and O–H groups in total. The lowest BCUT2D eigenvalue weighted by molar-refractivity contribution is 0.261. The summed E-state index contributed by atoms with van der Waals surface area (Å²) in [6, 6.07) is 2.63. The van der Waals surface area contributed by atoms with E-state index < -0.39 is 0 Å². The minimum Gasteiger partial charge on any atom is -0.245 e. The van der Waals surface area contributed by atoms with E-state index in [4.69, 9.17) is 5.26 Å². The summed E-state index contributed by atoms with van der Waals surface area (Å²) >= 11 is 4.62. The second kappa shape index (κ2) is 4.79. The fourth-order valence-electron chi connectivity index (χ4n) is 1.06. The quantitative estimate of drug-likeness (QED) is 0.514. The topological polar surface area (TPSA) is 30.3 Å². The van der Waals surface area contributed by atoms with Crippen molar-refractivity contribution in [3.8, 4) is 6.07 Å². The van der Waals surface area contributed by atoms with Gasteiger partial charge in [0.25, 0.3) is 0 Å². The summed E-state index contributed by atoms with van der Waals surface area (Å²) in [5, 5.41) is 8.52. The minimum absolute atomic E-state index is 0.422. The normalized spacial score (nSPS) is 28.3. The molecule has 0 radical (unpaired) electrons. The summed E-state index contributed by atoms with van der Waals surface area (Å²) in [6.07, 6.45) is 0.641. The molecule has 1 saturated heterocycles. The molecule has 0 spiro atoms. The Morgan fingerprint density at radius 3 is 2.82 bits per heavy atom. The SMILES string of the molecule is N#CC[C@H]1CN(I)CCN1I. The van der Waals surface area contributed by atoms with Crippen molar-refractivity contribution in [1.82, 2.24) is 6.23 Å². The Hall–Kier alpha value is 0.870. The van der Waals surface area contributed by atoms with Gasteiger partial charge in [0.15, 0.2) is 0 Å². The third-order valence-electron chi connectivity index (χ3n) is 1.69. The molecule has 0 aromatic carbocycles. The van der Waals surface area contributed by atoms with Crippen LogP contribution in [0, 0.1) is 11.3 Å². The van der Waals surface area contributed by atoms with Gasteiger partial charge in [-0.3, -0.25) is 0 Å². The molecule has 3 nitrogen and oxygen atoms in total. The zero-order valence-corrected chi connectivity index (χ0v) is 10.3. The average Bonchev–Trinajstić information content (AvgIpc) is 1.98. The first-order valence-corrected chi connectivity index (χ1v) is 5.37. The maximum absolute atomic E-state index is 8.52.